The van der Waals surface area contributed by atoms with Crippen LogP contribution in [0.2, 0.25) is 0 Å². The Morgan fingerprint density at radius 1 is 1.05 bits per heavy atom. The second kappa shape index (κ2) is 4.89. The highest BCUT2D eigenvalue weighted by Crippen LogP contribution is 2.27. The molecule has 0 radical (unpaired) electrons. The van der Waals surface area contributed by atoms with E-state index in [1.807, 2.05) is 50.2 Å². The molecule has 0 bridgehead atoms. The van der Waals surface area contributed by atoms with Gasteiger partial charge in [0.2, 0.25) is 0 Å². The lowest BCUT2D eigenvalue weighted by atomic mass is 10.1. The molecule has 0 unspecified atom stereocenters. The summed E-state index contributed by atoms with van der Waals surface area (Å²) < 4.78 is 0. The van der Waals surface area contributed by atoms with Crippen molar-refractivity contribution in [2.24, 2.45) is 0 Å². The minimum Gasteiger partial charge on any atom is -0.354 e. The number of fused-ring (bicyclic) bond motifs is 3. The Morgan fingerprint density at radius 2 is 1.80 bits per heavy atom. The Kier molecular flexibility index (Phi) is 3.06. The van der Waals surface area contributed by atoms with Crippen LogP contribution in [0.5, 0.6) is 0 Å². The monoisotopic (exact) mass is 267 g/mol. The van der Waals surface area contributed by atoms with Crippen LogP contribution < -0.4 is 10.6 Å². The van der Waals surface area contributed by atoms with Gasteiger partial charge in [0.25, 0.3) is 0 Å². The first-order valence-electron chi connectivity index (χ1n) is 6.71. The third-order valence-corrected chi connectivity index (χ3v) is 3.18. The van der Waals surface area contributed by atoms with E-state index in [0.29, 0.717) is 0 Å². The molecule has 3 rings (SSSR count). The maximum atomic E-state index is 11.7. The number of para-hydroxylation sites is 1. The number of carbonyl (C=O) groups is 1. The number of urea groups is 1. The van der Waals surface area contributed by atoms with Crippen LogP contribution in [0, 0.1) is 0 Å². The Morgan fingerprint density at radius 3 is 2.60 bits per heavy atom. The quantitative estimate of drug-likeness (QED) is 0.649. The van der Waals surface area contributed by atoms with Crippen molar-refractivity contribution in [2.45, 2.75) is 19.9 Å². The molecule has 1 heterocycles. The summed E-state index contributed by atoms with van der Waals surface area (Å²) in [6, 6.07) is 14.0. The van der Waals surface area contributed by atoms with Crippen LogP contribution in [0.1, 0.15) is 13.8 Å². The van der Waals surface area contributed by atoms with Gasteiger partial charge in [-0.3, -0.25) is 0 Å². The molecule has 0 saturated carbocycles. The average molecular weight is 267 g/mol. The Hall–Kier alpha value is -2.49. The third kappa shape index (κ3) is 2.32. The number of benzene rings is 2. The standard InChI is InChI=1S/C16H17N3O/c1-10(2)17-16(20)18-11-7-8-13-12-5-3-4-6-14(12)19-15(13)9-11/h3-10,19H,1-2H3,(H2,17,18,20). The molecular formula is C16H17N3O. The number of aromatic amines is 1. The molecule has 4 nitrogen and oxygen atoms in total. The van der Waals surface area contributed by atoms with Gasteiger partial charge >= 0.3 is 6.03 Å². The van der Waals surface area contributed by atoms with Crippen molar-refractivity contribution in [1.82, 2.24) is 10.3 Å². The van der Waals surface area contributed by atoms with Gasteiger partial charge in [-0.25, -0.2) is 4.79 Å². The SMILES string of the molecule is CC(C)NC(=O)Nc1ccc2c(c1)[nH]c1ccccc12. The van der Waals surface area contributed by atoms with Crippen molar-refractivity contribution in [3.8, 4) is 0 Å². The van der Waals surface area contributed by atoms with Crippen LogP contribution in [-0.4, -0.2) is 17.1 Å². The second-order valence-electron chi connectivity index (χ2n) is 5.18. The molecule has 0 saturated heterocycles. The van der Waals surface area contributed by atoms with Crippen molar-refractivity contribution < 1.29 is 4.79 Å². The molecule has 4 heteroatoms. The smallest absolute Gasteiger partial charge is 0.319 e. The topological polar surface area (TPSA) is 56.9 Å². The summed E-state index contributed by atoms with van der Waals surface area (Å²) in [5.41, 5.74) is 2.90. The molecule has 20 heavy (non-hydrogen) atoms. The summed E-state index contributed by atoms with van der Waals surface area (Å²) in [7, 11) is 0. The zero-order valence-corrected chi connectivity index (χ0v) is 11.5. The Bertz CT molecular complexity index is 774. The van der Waals surface area contributed by atoms with Gasteiger partial charge in [-0.15, -0.1) is 0 Å². The summed E-state index contributed by atoms with van der Waals surface area (Å²) in [5, 5.41) is 8.00. The molecule has 0 aliphatic heterocycles. The first-order valence-corrected chi connectivity index (χ1v) is 6.71. The van der Waals surface area contributed by atoms with Crippen LogP contribution in [0.15, 0.2) is 42.5 Å². The molecule has 0 spiro atoms. The van der Waals surface area contributed by atoms with E-state index in [1.54, 1.807) is 0 Å². The fourth-order valence-electron chi connectivity index (χ4n) is 2.36. The predicted octanol–water partition coefficient (Wildman–Crippen LogP) is 3.85. The number of carbonyl (C=O) groups excluding carboxylic acids is 1. The molecule has 1 aromatic heterocycles. The van der Waals surface area contributed by atoms with Gasteiger partial charge in [-0.1, -0.05) is 24.3 Å². The third-order valence-electron chi connectivity index (χ3n) is 3.18. The lowest BCUT2D eigenvalue weighted by Gasteiger charge is -2.10. The summed E-state index contributed by atoms with van der Waals surface area (Å²) in [6.45, 7) is 3.86. The van der Waals surface area contributed by atoms with Crippen molar-refractivity contribution in [2.75, 3.05) is 5.32 Å². The number of nitrogens with one attached hydrogen (secondary N) is 3. The van der Waals surface area contributed by atoms with Crippen molar-refractivity contribution in [3.63, 3.8) is 0 Å². The number of aromatic nitrogens is 1. The van der Waals surface area contributed by atoms with E-state index in [9.17, 15) is 4.79 Å². The maximum Gasteiger partial charge on any atom is 0.319 e. The highest BCUT2D eigenvalue weighted by molar-refractivity contribution is 6.08. The zero-order valence-electron chi connectivity index (χ0n) is 11.5. The van der Waals surface area contributed by atoms with Gasteiger partial charge in [0.15, 0.2) is 0 Å². The van der Waals surface area contributed by atoms with Crippen molar-refractivity contribution >= 4 is 33.5 Å². The first kappa shape index (κ1) is 12.5. The van der Waals surface area contributed by atoms with Crippen LogP contribution in [-0.2, 0) is 0 Å². The number of amides is 2. The fraction of sp³-hybridized carbons (Fsp3) is 0.188. The average Bonchev–Trinajstić information content (AvgIpc) is 2.75. The minimum atomic E-state index is -0.185. The Balaban J connectivity index is 1.95. The lowest BCUT2D eigenvalue weighted by molar-refractivity contribution is 0.250. The number of H-pyrrole nitrogens is 1. The fourth-order valence-corrected chi connectivity index (χ4v) is 2.36. The molecule has 0 fully saturated rings. The number of rotatable bonds is 2. The van der Waals surface area contributed by atoms with E-state index in [-0.39, 0.29) is 12.1 Å². The molecule has 0 aliphatic rings. The molecule has 102 valence electrons. The van der Waals surface area contributed by atoms with Gasteiger partial charge in [0, 0.05) is 33.5 Å². The Labute approximate surface area is 117 Å². The number of hydrogen-bond acceptors (Lipinski definition) is 1. The highest BCUT2D eigenvalue weighted by atomic mass is 16.2. The van der Waals surface area contributed by atoms with Gasteiger partial charge < -0.3 is 15.6 Å². The number of hydrogen-bond donors (Lipinski definition) is 3. The van der Waals surface area contributed by atoms with Crippen LogP contribution in [0.4, 0.5) is 10.5 Å². The molecule has 0 atom stereocenters. The van der Waals surface area contributed by atoms with Gasteiger partial charge in [0.1, 0.15) is 0 Å². The second-order valence-corrected chi connectivity index (χ2v) is 5.18. The molecule has 3 N–H and O–H groups in total. The highest BCUT2D eigenvalue weighted by Gasteiger charge is 2.07. The molecule has 2 amide bonds. The van der Waals surface area contributed by atoms with E-state index >= 15 is 0 Å². The van der Waals surface area contributed by atoms with Crippen molar-refractivity contribution in [3.05, 3.63) is 42.5 Å². The normalized spacial score (nSPS) is 11.2. The molecule has 2 aromatic carbocycles. The molecule has 0 aliphatic carbocycles. The largest absolute Gasteiger partial charge is 0.354 e. The van der Waals surface area contributed by atoms with Crippen LogP contribution in [0.25, 0.3) is 21.8 Å². The number of anilines is 1. The van der Waals surface area contributed by atoms with E-state index < -0.39 is 0 Å². The summed E-state index contributed by atoms with van der Waals surface area (Å²) in [5.74, 6) is 0. The summed E-state index contributed by atoms with van der Waals surface area (Å²) in [6.07, 6.45) is 0. The first-order chi connectivity index (χ1) is 9.63. The van der Waals surface area contributed by atoms with E-state index in [0.717, 1.165) is 22.1 Å². The zero-order chi connectivity index (χ0) is 14.1. The predicted molar refractivity (Wildman–Crippen MR) is 83.1 cm³/mol. The van der Waals surface area contributed by atoms with E-state index in [1.165, 1.54) is 5.39 Å². The van der Waals surface area contributed by atoms with E-state index in [2.05, 4.69) is 21.7 Å². The van der Waals surface area contributed by atoms with Crippen LogP contribution in [0.3, 0.4) is 0 Å². The maximum absolute atomic E-state index is 11.7. The summed E-state index contributed by atoms with van der Waals surface area (Å²) in [4.78, 5) is 15.1. The van der Waals surface area contributed by atoms with Gasteiger partial charge in [-0.05, 0) is 32.0 Å². The van der Waals surface area contributed by atoms with Crippen molar-refractivity contribution in [1.29, 1.82) is 0 Å². The van der Waals surface area contributed by atoms with E-state index in [4.69, 9.17) is 0 Å². The lowest BCUT2D eigenvalue weighted by Crippen LogP contribution is -2.34. The van der Waals surface area contributed by atoms with Crippen LogP contribution >= 0.6 is 0 Å². The van der Waals surface area contributed by atoms with Gasteiger partial charge in [-0.2, -0.15) is 0 Å². The minimum absolute atomic E-state index is 0.117. The summed E-state index contributed by atoms with van der Waals surface area (Å²) >= 11 is 0. The molecular weight excluding hydrogens is 250 g/mol. The molecule has 3 aromatic rings. The van der Waals surface area contributed by atoms with Gasteiger partial charge in [0.05, 0.1) is 0 Å².